The molecule has 0 fully saturated rings. The van der Waals surface area contributed by atoms with Crippen LogP contribution in [-0.4, -0.2) is 45.6 Å². The van der Waals surface area contributed by atoms with Crippen LogP contribution in [0.3, 0.4) is 0 Å². The minimum atomic E-state index is -0.188. The van der Waals surface area contributed by atoms with Crippen molar-refractivity contribution in [2.24, 2.45) is 0 Å². The van der Waals surface area contributed by atoms with E-state index in [2.05, 4.69) is 35.5 Å². The lowest BCUT2D eigenvalue weighted by Crippen LogP contribution is -2.11. The highest BCUT2D eigenvalue weighted by atomic mass is 16.1. The summed E-state index contributed by atoms with van der Waals surface area (Å²) in [5, 5.41) is 11.5. The molecule has 39 heavy (non-hydrogen) atoms. The largest absolute Gasteiger partial charge is 0.336 e. The molecular formula is C29H21N9O. The van der Waals surface area contributed by atoms with Gasteiger partial charge in [-0.15, -0.1) is 0 Å². The molecule has 0 aliphatic heterocycles. The molecular weight excluding hydrogens is 490 g/mol. The van der Waals surface area contributed by atoms with Gasteiger partial charge in [-0.25, -0.2) is 15.0 Å². The fourth-order valence-corrected chi connectivity index (χ4v) is 4.59. The predicted molar refractivity (Wildman–Crippen MR) is 148 cm³/mol. The van der Waals surface area contributed by atoms with Gasteiger partial charge < -0.3 is 10.3 Å². The first-order valence-electron chi connectivity index (χ1n) is 12.3. The summed E-state index contributed by atoms with van der Waals surface area (Å²) in [6.45, 7) is 1.93. The SMILES string of the molecule is Cc1cn(-c2nccc3[nH]c(-c4n[nH]c5ccc(-c6cncc(NC(=O)c7ccccc7)c6)cc45)nc23)cn1. The Bertz CT molecular complexity index is 1980. The molecule has 0 radical (unpaired) electrons. The molecule has 0 aliphatic carbocycles. The number of fused-ring (bicyclic) bond motifs is 2. The van der Waals surface area contributed by atoms with Crippen molar-refractivity contribution in [3.05, 3.63) is 103 Å². The molecule has 0 spiro atoms. The van der Waals surface area contributed by atoms with Gasteiger partial charge in [-0.1, -0.05) is 24.3 Å². The summed E-state index contributed by atoms with van der Waals surface area (Å²) < 4.78 is 1.86. The Kier molecular flexibility index (Phi) is 5.22. The number of H-pyrrole nitrogens is 2. The Labute approximate surface area is 221 Å². The van der Waals surface area contributed by atoms with E-state index in [-0.39, 0.29) is 5.91 Å². The molecule has 2 aromatic carbocycles. The van der Waals surface area contributed by atoms with E-state index in [0.29, 0.717) is 28.6 Å². The number of carbonyl (C=O) groups is 1. The summed E-state index contributed by atoms with van der Waals surface area (Å²) in [6.07, 6.45) is 8.79. The number of carbonyl (C=O) groups excluding carboxylic acids is 1. The van der Waals surface area contributed by atoms with Crippen molar-refractivity contribution in [3.8, 4) is 28.5 Å². The fourth-order valence-electron chi connectivity index (χ4n) is 4.59. The van der Waals surface area contributed by atoms with Crippen LogP contribution in [0.2, 0.25) is 0 Å². The minimum absolute atomic E-state index is 0.188. The van der Waals surface area contributed by atoms with Crippen LogP contribution in [0.5, 0.6) is 0 Å². The molecule has 0 saturated carbocycles. The summed E-state index contributed by atoms with van der Waals surface area (Å²) in [6, 6.07) is 18.9. The van der Waals surface area contributed by atoms with E-state index in [9.17, 15) is 4.79 Å². The maximum atomic E-state index is 12.6. The van der Waals surface area contributed by atoms with Crippen molar-refractivity contribution in [1.82, 2.24) is 39.7 Å². The van der Waals surface area contributed by atoms with Crippen LogP contribution in [0.1, 0.15) is 16.1 Å². The third-order valence-electron chi connectivity index (χ3n) is 6.49. The van der Waals surface area contributed by atoms with Gasteiger partial charge in [0.15, 0.2) is 11.6 Å². The monoisotopic (exact) mass is 511 g/mol. The van der Waals surface area contributed by atoms with Gasteiger partial charge in [0.05, 0.1) is 28.6 Å². The fraction of sp³-hybridized carbons (Fsp3) is 0.0345. The third kappa shape index (κ3) is 4.09. The number of hydrogen-bond acceptors (Lipinski definition) is 6. The van der Waals surface area contributed by atoms with E-state index >= 15 is 0 Å². The Hall–Kier alpha value is -5.64. The summed E-state index contributed by atoms with van der Waals surface area (Å²) in [4.78, 5) is 34.1. The Morgan fingerprint density at radius 1 is 0.949 bits per heavy atom. The molecule has 0 aliphatic rings. The van der Waals surface area contributed by atoms with Crippen molar-refractivity contribution in [1.29, 1.82) is 0 Å². The lowest BCUT2D eigenvalue weighted by atomic mass is 10.0. The molecule has 7 aromatic rings. The number of aromatic amines is 2. The lowest BCUT2D eigenvalue weighted by molar-refractivity contribution is 0.102. The van der Waals surface area contributed by atoms with Crippen LogP contribution in [0.15, 0.2) is 91.8 Å². The van der Waals surface area contributed by atoms with Crippen molar-refractivity contribution >= 4 is 33.5 Å². The maximum absolute atomic E-state index is 12.6. The number of nitrogens with one attached hydrogen (secondary N) is 3. The van der Waals surface area contributed by atoms with E-state index in [4.69, 9.17) is 4.98 Å². The number of anilines is 1. The molecule has 0 unspecified atom stereocenters. The first kappa shape index (κ1) is 22.5. The third-order valence-corrected chi connectivity index (χ3v) is 6.49. The van der Waals surface area contributed by atoms with Gasteiger partial charge in [0.2, 0.25) is 0 Å². The van der Waals surface area contributed by atoms with Crippen molar-refractivity contribution in [2.75, 3.05) is 5.32 Å². The molecule has 5 heterocycles. The van der Waals surface area contributed by atoms with Crippen LogP contribution in [0.4, 0.5) is 5.69 Å². The molecule has 7 rings (SSSR count). The quantitative estimate of drug-likeness (QED) is 0.287. The zero-order valence-corrected chi connectivity index (χ0v) is 20.8. The summed E-state index contributed by atoms with van der Waals surface area (Å²) in [5.41, 5.74) is 7.02. The minimum Gasteiger partial charge on any atom is -0.336 e. The highest BCUT2D eigenvalue weighted by Crippen LogP contribution is 2.31. The summed E-state index contributed by atoms with van der Waals surface area (Å²) in [5.74, 6) is 1.13. The van der Waals surface area contributed by atoms with Gasteiger partial charge in [0, 0.05) is 35.1 Å². The van der Waals surface area contributed by atoms with Crippen LogP contribution in [0, 0.1) is 6.92 Å². The van der Waals surface area contributed by atoms with Crippen LogP contribution < -0.4 is 5.32 Å². The zero-order valence-electron chi connectivity index (χ0n) is 20.8. The van der Waals surface area contributed by atoms with E-state index < -0.39 is 0 Å². The predicted octanol–water partition coefficient (Wildman–Crippen LogP) is 5.31. The molecule has 188 valence electrons. The summed E-state index contributed by atoms with van der Waals surface area (Å²) >= 11 is 0. The van der Waals surface area contributed by atoms with Crippen molar-refractivity contribution in [2.45, 2.75) is 6.92 Å². The lowest BCUT2D eigenvalue weighted by Gasteiger charge is -2.08. The van der Waals surface area contributed by atoms with Crippen LogP contribution in [-0.2, 0) is 0 Å². The van der Waals surface area contributed by atoms with Gasteiger partial charge in [-0.3, -0.25) is 19.4 Å². The number of hydrogen-bond donors (Lipinski definition) is 3. The van der Waals surface area contributed by atoms with Gasteiger partial charge in [0.25, 0.3) is 5.91 Å². The van der Waals surface area contributed by atoms with Gasteiger partial charge in [-0.2, -0.15) is 5.10 Å². The average Bonchev–Trinajstić information content (AvgIpc) is 3.71. The number of rotatable bonds is 5. The maximum Gasteiger partial charge on any atom is 0.255 e. The first-order valence-corrected chi connectivity index (χ1v) is 12.3. The van der Waals surface area contributed by atoms with E-state index in [1.165, 1.54) is 0 Å². The number of amides is 1. The standard InChI is InChI=1S/C29H21N9O/c1-17-15-38(16-32-17)28-26-24(9-10-31-28)34-27(35-26)25-22-12-19(7-8-23(22)36-37-25)20-11-21(14-30-13-20)33-29(39)18-5-3-2-4-6-18/h2-16H,1H3,(H,33,39)(H,34,35)(H,36,37). The second-order valence-electron chi connectivity index (χ2n) is 9.15. The number of pyridine rings is 2. The highest BCUT2D eigenvalue weighted by Gasteiger charge is 2.17. The zero-order chi connectivity index (χ0) is 26.3. The molecule has 0 bridgehead atoms. The molecule has 10 heteroatoms. The molecule has 1 amide bonds. The molecule has 10 nitrogen and oxygen atoms in total. The van der Waals surface area contributed by atoms with Crippen molar-refractivity contribution in [3.63, 3.8) is 0 Å². The van der Waals surface area contributed by atoms with Crippen LogP contribution in [0.25, 0.3) is 50.4 Å². The first-order chi connectivity index (χ1) is 19.1. The van der Waals surface area contributed by atoms with Gasteiger partial charge in [-0.05, 0) is 48.9 Å². The Morgan fingerprint density at radius 2 is 1.85 bits per heavy atom. The van der Waals surface area contributed by atoms with E-state index in [1.807, 2.05) is 66.2 Å². The number of aromatic nitrogens is 8. The number of aryl methyl sites for hydroxylation is 1. The smallest absolute Gasteiger partial charge is 0.255 e. The highest BCUT2D eigenvalue weighted by molar-refractivity contribution is 6.04. The number of benzene rings is 2. The Morgan fingerprint density at radius 3 is 2.69 bits per heavy atom. The van der Waals surface area contributed by atoms with Crippen LogP contribution >= 0.6 is 0 Å². The normalized spacial score (nSPS) is 11.3. The second kappa shape index (κ2) is 9.03. The molecule has 0 atom stereocenters. The number of imidazole rings is 2. The second-order valence-corrected chi connectivity index (χ2v) is 9.15. The van der Waals surface area contributed by atoms with Gasteiger partial charge >= 0.3 is 0 Å². The van der Waals surface area contributed by atoms with E-state index in [1.54, 1.807) is 37.1 Å². The topological polar surface area (TPSA) is 130 Å². The van der Waals surface area contributed by atoms with Crippen molar-refractivity contribution < 1.29 is 4.79 Å². The average molecular weight is 512 g/mol. The summed E-state index contributed by atoms with van der Waals surface area (Å²) in [7, 11) is 0. The number of nitrogens with zero attached hydrogens (tertiary/aromatic N) is 6. The Balaban J connectivity index is 1.25. The molecule has 5 aromatic heterocycles. The van der Waals surface area contributed by atoms with Gasteiger partial charge in [0.1, 0.15) is 17.5 Å². The van der Waals surface area contributed by atoms with E-state index in [0.717, 1.165) is 38.8 Å². The molecule has 0 saturated heterocycles. The molecule has 3 N–H and O–H groups in total.